The highest BCUT2D eigenvalue weighted by molar-refractivity contribution is 5.82. The van der Waals surface area contributed by atoms with Gasteiger partial charge in [0.05, 0.1) is 0 Å². The number of aromatic hydroxyl groups is 1. The maximum Gasteiger partial charge on any atom is 0.326 e. The van der Waals surface area contributed by atoms with Crippen LogP contribution in [0, 0.1) is 0 Å². The van der Waals surface area contributed by atoms with Gasteiger partial charge in [-0.25, -0.2) is 9.59 Å². The van der Waals surface area contributed by atoms with E-state index >= 15 is 0 Å². The molecular formula is C15H20N2O4. The quantitative estimate of drug-likeness (QED) is 0.768. The van der Waals surface area contributed by atoms with Crippen molar-refractivity contribution in [2.75, 3.05) is 7.05 Å². The standard InChI is InChI=1S/C15H20N2O4/c1-17(11-3-2-4-11)15(21)16-13(14(19)20)9-10-5-7-12(18)8-6-10/h5-8,11,13,18H,2-4,9H2,1H3,(H,16,21)(H,19,20). The molecule has 1 aromatic carbocycles. The molecule has 1 unspecified atom stereocenters. The molecule has 1 saturated carbocycles. The number of aliphatic carboxylic acids is 1. The molecule has 2 amide bonds. The smallest absolute Gasteiger partial charge is 0.326 e. The Hall–Kier alpha value is -2.24. The molecule has 3 N–H and O–H groups in total. The van der Waals surface area contributed by atoms with E-state index in [-0.39, 0.29) is 24.2 Å². The van der Waals surface area contributed by atoms with Gasteiger partial charge in [0.2, 0.25) is 0 Å². The van der Waals surface area contributed by atoms with Crippen LogP contribution in [0.2, 0.25) is 0 Å². The summed E-state index contributed by atoms with van der Waals surface area (Å²) in [5, 5.41) is 21.0. The fraction of sp³-hybridized carbons (Fsp3) is 0.467. The largest absolute Gasteiger partial charge is 0.508 e. The van der Waals surface area contributed by atoms with Crippen LogP contribution >= 0.6 is 0 Å². The van der Waals surface area contributed by atoms with Crippen LogP contribution < -0.4 is 5.32 Å². The van der Waals surface area contributed by atoms with Crippen LogP contribution in [0.15, 0.2) is 24.3 Å². The summed E-state index contributed by atoms with van der Waals surface area (Å²) >= 11 is 0. The number of phenolic OH excluding ortho intramolecular Hbond substituents is 1. The zero-order valence-electron chi connectivity index (χ0n) is 12.0. The summed E-state index contributed by atoms with van der Waals surface area (Å²) in [6, 6.07) is 5.16. The van der Waals surface area contributed by atoms with Crippen molar-refractivity contribution in [3.05, 3.63) is 29.8 Å². The van der Waals surface area contributed by atoms with Gasteiger partial charge in [-0.15, -0.1) is 0 Å². The number of nitrogens with one attached hydrogen (secondary N) is 1. The third-order valence-electron chi connectivity index (χ3n) is 3.91. The Bertz CT molecular complexity index is 511. The number of urea groups is 1. The molecule has 21 heavy (non-hydrogen) atoms. The first-order valence-corrected chi connectivity index (χ1v) is 7.01. The SMILES string of the molecule is CN(C(=O)NC(Cc1ccc(O)cc1)C(=O)O)C1CCC1. The minimum Gasteiger partial charge on any atom is -0.508 e. The summed E-state index contributed by atoms with van der Waals surface area (Å²) in [5.74, 6) is -0.946. The highest BCUT2D eigenvalue weighted by Crippen LogP contribution is 2.23. The Labute approximate surface area is 123 Å². The Balaban J connectivity index is 1.96. The van der Waals surface area contributed by atoms with Gasteiger partial charge >= 0.3 is 12.0 Å². The van der Waals surface area contributed by atoms with Crippen LogP contribution in [0.3, 0.4) is 0 Å². The highest BCUT2D eigenvalue weighted by Gasteiger charge is 2.28. The van der Waals surface area contributed by atoms with Crippen LogP contribution in [0.5, 0.6) is 5.75 Å². The Morgan fingerprint density at radius 2 is 1.95 bits per heavy atom. The lowest BCUT2D eigenvalue weighted by molar-refractivity contribution is -0.139. The molecule has 2 rings (SSSR count). The highest BCUT2D eigenvalue weighted by atomic mass is 16.4. The van der Waals surface area contributed by atoms with Crippen molar-refractivity contribution in [3.63, 3.8) is 0 Å². The first-order chi connectivity index (χ1) is 9.97. The predicted molar refractivity (Wildman–Crippen MR) is 77.2 cm³/mol. The second-order valence-electron chi connectivity index (χ2n) is 5.41. The summed E-state index contributed by atoms with van der Waals surface area (Å²) in [5.41, 5.74) is 0.742. The summed E-state index contributed by atoms with van der Waals surface area (Å²) in [6.45, 7) is 0. The normalized spacial score (nSPS) is 15.9. The summed E-state index contributed by atoms with van der Waals surface area (Å²) in [4.78, 5) is 24.9. The lowest BCUT2D eigenvalue weighted by Crippen LogP contribution is -2.52. The van der Waals surface area contributed by atoms with E-state index in [2.05, 4.69) is 5.32 Å². The van der Waals surface area contributed by atoms with Crippen molar-refractivity contribution in [3.8, 4) is 5.75 Å². The van der Waals surface area contributed by atoms with E-state index in [0.29, 0.717) is 0 Å². The van der Waals surface area contributed by atoms with Gasteiger partial charge in [-0.3, -0.25) is 0 Å². The topological polar surface area (TPSA) is 89.9 Å². The maximum absolute atomic E-state index is 12.0. The first kappa shape index (κ1) is 15.2. The molecule has 0 spiro atoms. The molecule has 0 bridgehead atoms. The number of amides is 2. The van der Waals surface area contributed by atoms with Crippen molar-refractivity contribution in [2.45, 2.75) is 37.8 Å². The monoisotopic (exact) mass is 292 g/mol. The number of phenols is 1. The second kappa shape index (κ2) is 6.47. The average molecular weight is 292 g/mol. The van der Waals surface area contributed by atoms with Gasteiger partial charge in [0, 0.05) is 19.5 Å². The maximum atomic E-state index is 12.0. The number of rotatable bonds is 5. The molecule has 1 aliphatic carbocycles. The molecule has 0 aromatic heterocycles. The Morgan fingerprint density at radius 1 is 1.33 bits per heavy atom. The third kappa shape index (κ3) is 3.87. The van der Waals surface area contributed by atoms with Gasteiger partial charge in [0.1, 0.15) is 11.8 Å². The van der Waals surface area contributed by atoms with E-state index in [1.54, 1.807) is 24.1 Å². The lowest BCUT2D eigenvalue weighted by Gasteiger charge is -2.35. The molecule has 1 atom stereocenters. The Kier molecular flexibility index (Phi) is 4.67. The second-order valence-corrected chi connectivity index (χ2v) is 5.41. The molecule has 114 valence electrons. The molecule has 1 aromatic rings. The van der Waals surface area contributed by atoms with Crippen molar-refractivity contribution >= 4 is 12.0 Å². The van der Waals surface area contributed by atoms with E-state index in [0.717, 1.165) is 24.8 Å². The summed E-state index contributed by atoms with van der Waals surface area (Å²) < 4.78 is 0. The third-order valence-corrected chi connectivity index (χ3v) is 3.91. The number of hydrogen-bond donors (Lipinski definition) is 3. The first-order valence-electron chi connectivity index (χ1n) is 7.01. The van der Waals surface area contributed by atoms with Gasteiger partial charge in [0.25, 0.3) is 0 Å². The van der Waals surface area contributed by atoms with Gasteiger partial charge in [-0.05, 0) is 37.0 Å². The fourth-order valence-corrected chi connectivity index (χ4v) is 2.26. The molecule has 1 fully saturated rings. The predicted octanol–water partition coefficient (Wildman–Crippen LogP) is 1.58. The van der Waals surface area contributed by atoms with Crippen LogP contribution in [-0.4, -0.2) is 46.2 Å². The van der Waals surface area contributed by atoms with E-state index in [1.165, 1.54) is 12.1 Å². The van der Waals surface area contributed by atoms with Crippen molar-refractivity contribution in [1.82, 2.24) is 10.2 Å². The molecule has 6 nitrogen and oxygen atoms in total. The molecule has 0 aliphatic heterocycles. The van der Waals surface area contributed by atoms with Crippen LogP contribution in [0.25, 0.3) is 0 Å². The number of carbonyl (C=O) groups excluding carboxylic acids is 1. The zero-order valence-corrected chi connectivity index (χ0v) is 12.0. The molecule has 6 heteroatoms. The van der Waals surface area contributed by atoms with Crippen LogP contribution in [-0.2, 0) is 11.2 Å². The molecule has 0 saturated heterocycles. The van der Waals surface area contributed by atoms with E-state index in [9.17, 15) is 19.8 Å². The van der Waals surface area contributed by atoms with Crippen molar-refractivity contribution in [1.29, 1.82) is 0 Å². The molecular weight excluding hydrogens is 272 g/mol. The minimum absolute atomic E-state index is 0.124. The zero-order chi connectivity index (χ0) is 15.4. The Morgan fingerprint density at radius 3 is 2.43 bits per heavy atom. The molecule has 1 aliphatic rings. The molecule has 0 radical (unpaired) electrons. The van der Waals surface area contributed by atoms with Gasteiger partial charge in [-0.1, -0.05) is 12.1 Å². The number of carboxylic acids is 1. The van der Waals surface area contributed by atoms with Gasteiger partial charge in [0.15, 0.2) is 0 Å². The van der Waals surface area contributed by atoms with Crippen LogP contribution in [0.4, 0.5) is 4.79 Å². The summed E-state index contributed by atoms with van der Waals surface area (Å²) in [7, 11) is 1.69. The van der Waals surface area contributed by atoms with Gasteiger partial charge in [-0.2, -0.15) is 0 Å². The van der Waals surface area contributed by atoms with Crippen molar-refractivity contribution in [2.24, 2.45) is 0 Å². The van der Waals surface area contributed by atoms with Crippen LogP contribution in [0.1, 0.15) is 24.8 Å². The van der Waals surface area contributed by atoms with Gasteiger partial charge < -0.3 is 20.4 Å². The van der Waals surface area contributed by atoms with E-state index in [4.69, 9.17) is 0 Å². The number of carboxylic acid groups (broad SMARTS) is 1. The van der Waals surface area contributed by atoms with E-state index in [1.807, 2.05) is 0 Å². The summed E-state index contributed by atoms with van der Waals surface area (Å²) in [6.07, 6.45) is 3.23. The number of hydrogen-bond acceptors (Lipinski definition) is 3. The average Bonchev–Trinajstić information content (AvgIpc) is 2.38. The number of nitrogens with zero attached hydrogens (tertiary/aromatic N) is 1. The number of benzene rings is 1. The van der Waals surface area contributed by atoms with Crippen molar-refractivity contribution < 1.29 is 19.8 Å². The fourth-order valence-electron chi connectivity index (χ4n) is 2.26. The van der Waals surface area contributed by atoms with E-state index < -0.39 is 12.0 Å². The lowest BCUT2D eigenvalue weighted by atomic mass is 9.92. The number of carbonyl (C=O) groups is 2. The minimum atomic E-state index is -1.07. The molecule has 0 heterocycles.